The summed E-state index contributed by atoms with van der Waals surface area (Å²) < 4.78 is 22.2. The standard InChI is InChI=1S/C25H28N4O2S/c1-27-24-17-21(31-15-14-28-11-2-3-12-28)9-10-22(24)23(18-26)25(27)19-5-7-20(8-6-19)29-13-4-16-32(29)30/h5-10,17H,2-4,11-16H2,1H3. The molecular weight excluding hydrogens is 420 g/mol. The van der Waals surface area contributed by atoms with Crippen LogP contribution in [0.2, 0.25) is 0 Å². The van der Waals surface area contributed by atoms with Crippen molar-refractivity contribution in [2.45, 2.75) is 19.3 Å². The lowest BCUT2D eigenvalue weighted by atomic mass is 10.1. The van der Waals surface area contributed by atoms with Crippen molar-refractivity contribution in [2.24, 2.45) is 7.05 Å². The van der Waals surface area contributed by atoms with Crippen LogP contribution in [0.3, 0.4) is 0 Å². The number of anilines is 1. The number of ether oxygens (including phenoxy) is 1. The third-order valence-electron chi connectivity index (χ3n) is 6.51. The summed E-state index contributed by atoms with van der Waals surface area (Å²) in [5.41, 5.74) is 4.50. The Morgan fingerprint density at radius 1 is 1.06 bits per heavy atom. The number of hydrogen-bond donors (Lipinski definition) is 0. The second-order valence-corrected chi connectivity index (χ2v) is 9.99. The van der Waals surface area contributed by atoms with Gasteiger partial charge in [0.25, 0.3) is 0 Å². The number of hydrogen-bond acceptors (Lipinski definition) is 4. The topological polar surface area (TPSA) is 61.5 Å². The molecule has 5 rings (SSSR count). The zero-order chi connectivity index (χ0) is 22.1. The maximum Gasteiger partial charge on any atom is 0.121 e. The van der Waals surface area contributed by atoms with Gasteiger partial charge in [0, 0.05) is 43.0 Å². The predicted octanol–water partition coefficient (Wildman–Crippen LogP) is 4.07. The van der Waals surface area contributed by atoms with E-state index in [0.29, 0.717) is 12.2 Å². The highest BCUT2D eigenvalue weighted by Crippen LogP contribution is 2.35. The van der Waals surface area contributed by atoms with Gasteiger partial charge in [0.1, 0.15) is 29.4 Å². The number of aromatic nitrogens is 1. The molecule has 0 N–H and O–H groups in total. The molecule has 0 saturated carbocycles. The highest BCUT2D eigenvalue weighted by atomic mass is 32.2. The van der Waals surface area contributed by atoms with Gasteiger partial charge in [0.15, 0.2) is 0 Å². The summed E-state index contributed by atoms with van der Waals surface area (Å²) in [6, 6.07) is 16.4. The Hall–Kier alpha value is -2.82. The zero-order valence-corrected chi connectivity index (χ0v) is 19.2. The highest BCUT2D eigenvalue weighted by molar-refractivity contribution is 7.86. The van der Waals surface area contributed by atoms with Crippen molar-refractivity contribution in [1.29, 1.82) is 5.26 Å². The van der Waals surface area contributed by atoms with Gasteiger partial charge < -0.3 is 9.30 Å². The predicted molar refractivity (Wildman–Crippen MR) is 129 cm³/mol. The lowest BCUT2D eigenvalue weighted by Gasteiger charge is -2.16. The molecule has 166 valence electrons. The molecule has 1 aromatic heterocycles. The summed E-state index contributed by atoms with van der Waals surface area (Å²) >= 11 is 0. The number of aryl methyl sites for hydroxylation is 1. The van der Waals surface area contributed by atoms with Crippen LogP contribution in [0.1, 0.15) is 24.8 Å². The minimum Gasteiger partial charge on any atom is -0.492 e. The minimum atomic E-state index is -0.933. The van der Waals surface area contributed by atoms with Gasteiger partial charge in [-0.2, -0.15) is 5.26 Å². The quantitative estimate of drug-likeness (QED) is 0.570. The molecule has 0 bridgehead atoms. The van der Waals surface area contributed by atoms with E-state index >= 15 is 0 Å². The fourth-order valence-corrected chi connectivity index (χ4v) is 6.12. The minimum absolute atomic E-state index is 0.670. The number of fused-ring (bicyclic) bond motifs is 1. The van der Waals surface area contributed by atoms with Gasteiger partial charge in [0.05, 0.1) is 16.8 Å². The third-order valence-corrected chi connectivity index (χ3v) is 8.04. The van der Waals surface area contributed by atoms with Crippen LogP contribution in [-0.4, -0.2) is 52.2 Å². The van der Waals surface area contributed by atoms with Crippen molar-refractivity contribution in [1.82, 2.24) is 9.47 Å². The first-order chi connectivity index (χ1) is 15.7. The smallest absolute Gasteiger partial charge is 0.121 e. The van der Waals surface area contributed by atoms with E-state index in [-0.39, 0.29) is 0 Å². The first-order valence-electron chi connectivity index (χ1n) is 11.3. The number of rotatable bonds is 6. The van der Waals surface area contributed by atoms with Gasteiger partial charge in [-0.05, 0) is 62.2 Å². The van der Waals surface area contributed by atoms with E-state index in [4.69, 9.17) is 4.74 Å². The van der Waals surface area contributed by atoms with Crippen LogP contribution in [-0.2, 0) is 18.0 Å². The second kappa shape index (κ2) is 8.97. The van der Waals surface area contributed by atoms with E-state index in [2.05, 4.69) is 15.5 Å². The van der Waals surface area contributed by atoms with Crippen LogP contribution in [0, 0.1) is 11.3 Å². The molecule has 3 heterocycles. The van der Waals surface area contributed by atoms with Crippen LogP contribution in [0.4, 0.5) is 5.69 Å². The molecular formula is C25H28N4O2S. The third kappa shape index (κ3) is 3.89. The summed E-state index contributed by atoms with van der Waals surface area (Å²) in [6.45, 7) is 4.79. The molecule has 2 saturated heterocycles. The van der Waals surface area contributed by atoms with Crippen LogP contribution < -0.4 is 9.04 Å². The summed E-state index contributed by atoms with van der Waals surface area (Å²) in [6.07, 6.45) is 3.52. The van der Waals surface area contributed by atoms with E-state index in [9.17, 15) is 9.47 Å². The summed E-state index contributed by atoms with van der Waals surface area (Å²) in [7, 11) is 1.06. The van der Waals surface area contributed by atoms with Crippen molar-refractivity contribution in [2.75, 3.05) is 42.8 Å². The molecule has 0 radical (unpaired) electrons. The summed E-state index contributed by atoms with van der Waals surface area (Å²) in [4.78, 5) is 2.44. The molecule has 2 aromatic carbocycles. The van der Waals surface area contributed by atoms with Crippen molar-refractivity contribution in [3.63, 3.8) is 0 Å². The maximum absolute atomic E-state index is 12.2. The highest BCUT2D eigenvalue weighted by Gasteiger charge is 2.22. The molecule has 7 heteroatoms. The average Bonchev–Trinajstić information content (AvgIpc) is 3.54. The average molecular weight is 449 g/mol. The van der Waals surface area contributed by atoms with Crippen LogP contribution in [0.5, 0.6) is 5.75 Å². The Morgan fingerprint density at radius 3 is 2.53 bits per heavy atom. The van der Waals surface area contributed by atoms with E-state index < -0.39 is 11.0 Å². The zero-order valence-electron chi connectivity index (χ0n) is 18.4. The Balaban J connectivity index is 1.42. The van der Waals surface area contributed by atoms with Crippen molar-refractivity contribution in [3.05, 3.63) is 48.0 Å². The van der Waals surface area contributed by atoms with Gasteiger partial charge >= 0.3 is 0 Å². The van der Waals surface area contributed by atoms with Crippen molar-refractivity contribution in [3.8, 4) is 23.1 Å². The monoisotopic (exact) mass is 448 g/mol. The fourth-order valence-electron chi connectivity index (χ4n) is 4.83. The Labute approximate surface area is 191 Å². The SMILES string of the molecule is Cn1c(-c2ccc(N3CCCS3=O)cc2)c(C#N)c2ccc(OCCN3CCCC3)cc21. The largest absolute Gasteiger partial charge is 0.492 e. The maximum atomic E-state index is 12.2. The molecule has 6 nitrogen and oxygen atoms in total. The second-order valence-electron chi connectivity index (χ2n) is 8.50. The van der Waals surface area contributed by atoms with Gasteiger partial charge in [-0.3, -0.25) is 9.21 Å². The molecule has 2 aliphatic heterocycles. The molecule has 32 heavy (non-hydrogen) atoms. The van der Waals surface area contributed by atoms with Gasteiger partial charge in [-0.15, -0.1) is 0 Å². The molecule has 3 aromatic rings. The number of nitriles is 1. The van der Waals surface area contributed by atoms with E-state index in [0.717, 1.165) is 58.9 Å². The number of likely N-dealkylation sites (tertiary alicyclic amines) is 1. The number of nitrogens with zero attached hydrogens (tertiary/aromatic N) is 4. The first kappa shape index (κ1) is 21.0. The molecule has 1 atom stereocenters. The molecule has 1 unspecified atom stereocenters. The lowest BCUT2D eigenvalue weighted by Crippen LogP contribution is -2.25. The number of benzene rings is 2. The fraction of sp³-hybridized carbons (Fsp3) is 0.400. The van der Waals surface area contributed by atoms with Crippen molar-refractivity contribution < 1.29 is 8.95 Å². The van der Waals surface area contributed by atoms with E-state index in [1.165, 1.54) is 25.9 Å². The summed E-state index contributed by atoms with van der Waals surface area (Å²) in [5, 5.41) is 10.9. The van der Waals surface area contributed by atoms with Crippen molar-refractivity contribution >= 4 is 27.6 Å². The van der Waals surface area contributed by atoms with Gasteiger partial charge in [-0.1, -0.05) is 12.1 Å². The van der Waals surface area contributed by atoms with Crippen LogP contribution >= 0.6 is 0 Å². The van der Waals surface area contributed by atoms with Crippen LogP contribution in [0.25, 0.3) is 22.2 Å². The Bertz CT molecular complexity index is 1190. The molecule has 2 aliphatic rings. The summed E-state index contributed by atoms with van der Waals surface area (Å²) in [5.74, 6) is 1.56. The van der Waals surface area contributed by atoms with E-state index in [1.54, 1.807) is 0 Å². The molecule has 0 spiro atoms. The molecule has 0 amide bonds. The van der Waals surface area contributed by atoms with Crippen LogP contribution in [0.15, 0.2) is 42.5 Å². The van der Waals surface area contributed by atoms with Gasteiger partial charge in [0.2, 0.25) is 0 Å². The van der Waals surface area contributed by atoms with Gasteiger partial charge in [-0.25, -0.2) is 4.21 Å². The molecule has 2 fully saturated rings. The molecule has 0 aliphatic carbocycles. The lowest BCUT2D eigenvalue weighted by molar-refractivity contribution is 0.238. The Morgan fingerprint density at radius 2 is 1.84 bits per heavy atom. The first-order valence-corrected chi connectivity index (χ1v) is 12.6. The van der Waals surface area contributed by atoms with E-state index in [1.807, 2.05) is 53.8 Å². The normalized spacial score (nSPS) is 19.0. The Kier molecular flexibility index (Phi) is 5.90.